The van der Waals surface area contributed by atoms with Gasteiger partial charge in [0, 0.05) is 24.0 Å². The zero-order chi connectivity index (χ0) is 21.2. The first kappa shape index (κ1) is 20.9. The van der Waals surface area contributed by atoms with Crippen molar-refractivity contribution in [1.29, 1.82) is 0 Å². The smallest absolute Gasteiger partial charge is 0.263 e. The summed E-state index contributed by atoms with van der Waals surface area (Å²) in [5.41, 5.74) is 3.38. The summed E-state index contributed by atoms with van der Waals surface area (Å²) in [6, 6.07) is 18.6. The third-order valence-electron chi connectivity index (χ3n) is 4.67. The zero-order valence-electron chi connectivity index (χ0n) is 16.3. The molecule has 0 aliphatic rings. The Kier molecular flexibility index (Phi) is 5.96. The summed E-state index contributed by atoms with van der Waals surface area (Å²) in [6.45, 7) is 3.85. The highest BCUT2D eigenvalue weighted by atomic mass is 35.5. The molecular weight excluding hydrogens is 408 g/mol. The monoisotopic (exact) mass is 428 g/mol. The van der Waals surface area contributed by atoms with E-state index < -0.39 is 10.0 Å². The van der Waals surface area contributed by atoms with Crippen LogP contribution in [0.4, 0.5) is 11.4 Å². The summed E-state index contributed by atoms with van der Waals surface area (Å²) >= 11 is 6.16. The van der Waals surface area contributed by atoms with Gasteiger partial charge in [0.25, 0.3) is 15.9 Å². The van der Waals surface area contributed by atoms with E-state index >= 15 is 0 Å². The molecule has 0 heterocycles. The maximum Gasteiger partial charge on any atom is 0.263 e. The highest BCUT2D eigenvalue weighted by molar-refractivity contribution is 7.92. The van der Waals surface area contributed by atoms with Crippen LogP contribution in [0.3, 0.4) is 0 Å². The average molecular weight is 429 g/mol. The summed E-state index contributed by atoms with van der Waals surface area (Å²) in [5.74, 6) is -0.338. The Morgan fingerprint density at radius 3 is 2.28 bits per heavy atom. The van der Waals surface area contributed by atoms with Crippen molar-refractivity contribution in [3.63, 3.8) is 0 Å². The largest absolute Gasteiger partial charge is 0.311 e. The van der Waals surface area contributed by atoms with Gasteiger partial charge >= 0.3 is 0 Å². The van der Waals surface area contributed by atoms with Crippen molar-refractivity contribution in [2.75, 3.05) is 16.7 Å². The molecule has 0 spiro atoms. The van der Waals surface area contributed by atoms with Crippen molar-refractivity contribution in [3.05, 3.63) is 88.4 Å². The van der Waals surface area contributed by atoms with Gasteiger partial charge in [0.2, 0.25) is 0 Å². The van der Waals surface area contributed by atoms with Crippen LogP contribution in [0.1, 0.15) is 21.5 Å². The Morgan fingerprint density at radius 1 is 0.931 bits per heavy atom. The highest BCUT2D eigenvalue weighted by Gasteiger charge is 2.22. The van der Waals surface area contributed by atoms with Crippen molar-refractivity contribution in [1.82, 2.24) is 0 Å². The molecule has 0 radical (unpaired) electrons. The van der Waals surface area contributed by atoms with Gasteiger partial charge in [-0.2, -0.15) is 0 Å². The van der Waals surface area contributed by atoms with Gasteiger partial charge in [-0.1, -0.05) is 35.9 Å². The molecule has 29 heavy (non-hydrogen) atoms. The van der Waals surface area contributed by atoms with E-state index in [1.807, 2.05) is 38.1 Å². The first-order valence-electron chi connectivity index (χ1n) is 8.92. The van der Waals surface area contributed by atoms with Gasteiger partial charge in [-0.15, -0.1) is 0 Å². The summed E-state index contributed by atoms with van der Waals surface area (Å²) in [4.78, 5) is 14.1. The van der Waals surface area contributed by atoms with Crippen molar-refractivity contribution < 1.29 is 13.2 Å². The number of para-hydroxylation sites is 1. The lowest BCUT2D eigenvalue weighted by Gasteiger charge is -2.18. The number of benzene rings is 3. The van der Waals surface area contributed by atoms with Crippen LogP contribution in [0.5, 0.6) is 0 Å². The topological polar surface area (TPSA) is 66.5 Å². The molecule has 3 aromatic rings. The minimum Gasteiger partial charge on any atom is -0.311 e. The SMILES string of the molecule is Cc1ccc(NS(=O)(=O)c2cc(C(=O)N(C)c3ccccc3)ccc2Cl)cc1C. The van der Waals surface area contributed by atoms with E-state index in [2.05, 4.69) is 4.72 Å². The molecule has 5 nitrogen and oxygen atoms in total. The molecule has 0 bridgehead atoms. The van der Waals surface area contributed by atoms with E-state index in [1.54, 1.807) is 31.3 Å². The lowest BCUT2D eigenvalue weighted by Crippen LogP contribution is -2.26. The Hall–Kier alpha value is -2.83. The summed E-state index contributed by atoms with van der Waals surface area (Å²) in [5, 5.41) is 0.0419. The summed E-state index contributed by atoms with van der Waals surface area (Å²) in [6.07, 6.45) is 0. The number of sulfonamides is 1. The van der Waals surface area contributed by atoms with Crippen molar-refractivity contribution in [3.8, 4) is 0 Å². The third-order valence-corrected chi connectivity index (χ3v) is 6.54. The Bertz CT molecular complexity index is 1160. The van der Waals surface area contributed by atoms with Crippen LogP contribution < -0.4 is 9.62 Å². The van der Waals surface area contributed by atoms with Crippen molar-refractivity contribution in [2.45, 2.75) is 18.7 Å². The van der Waals surface area contributed by atoms with Gasteiger partial charge in [-0.3, -0.25) is 9.52 Å². The standard InChI is InChI=1S/C22H21ClN2O3S/c1-15-9-11-18(13-16(15)2)24-29(27,28)21-14-17(10-12-20(21)23)22(26)25(3)19-7-5-4-6-8-19/h4-14,24H,1-3H3. The van der Waals surface area contributed by atoms with Gasteiger partial charge in [-0.25, -0.2) is 8.42 Å². The molecule has 0 fully saturated rings. The van der Waals surface area contributed by atoms with Crippen molar-refractivity contribution in [2.24, 2.45) is 0 Å². The Balaban J connectivity index is 1.93. The van der Waals surface area contributed by atoms with Gasteiger partial charge in [0.05, 0.1) is 5.02 Å². The van der Waals surface area contributed by atoms with E-state index in [9.17, 15) is 13.2 Å². The molecule has 0 saturated heterocycles. The van der Waals surface area contributed by atoms with Crippen LogP contribution >= 0.6 is 11.6 Å². The number of carbonyl (C=O) groups is 1. The molecule has 0 aromatic heterocycles. The number of amides is 1. The van der Waals surface area contributed by atoms with Gasteiger partial charge in [-0.05, 0) is 67.4 Å². The third kappa shape index (κ3) is 4.60. The van der Waals surface area contributed by atoms with E-state index in [0.717, 1.165) is 11.1 Å². The van der Waals surface area contributed by atoms with Gasteiger partial charge in [0.15, 0.2) is 0 Å². The second kappa shape index (κ2) is 8.27. The predicted octanol–water partition coefficient (Wildman–Crippen LogP) is 5.03. The van der Waals surface area contributed by atoms with E-state index in [0.29, 0.717) is 11.4 Å². The van der Waals surface area contributed by atoms with E-state index in [-0.39, 0.29) is 21.4 Å². The second-order valence-electron chi connectivity index (χ2n) is 6.75. The molecule has 1 amide bonds. The highest BCUT2D eigenvalue weighted by Crippen LogP contribution is 2.27. The maximum atomic E-state index is 12.9. The molecule has 1 N–H and O–H groups in total. The summed E-state index contributed by atoms with van der Waals surface area (Å²) < 4.78 is 28.4. The lowest BCUT2D eigenvalue weighted by molar-refractivity contribution is 0.0993. The molecular formula is C22H21ClN2O3S. The normalized spacial score (nSPS) is 11.2. The van der Waals surface area contributed by atoms with Crippen LogP contribution in [0, 0.1) is 13.8 Å². The quantitative estimate of drug-likeness (QED) is 0.619. The number of nitrogens with zero attached hydrogens (tertiary/aromatic N) is 1. The molecule has 7 heteroatoms. The molecule has 0 aliphatic carbocycles. The number of aryl methyl sites for hydroxylation is 2. The number of carbonyl (C=O) groups excluding carboxylic acids is 1. The van der Waals surface area contributed by atoms with Crippen LogP contribution in [-0.2, 0) is 10.0 Å². The summed E-state index contributed by atoms with van der Waals surface area (Å²) in [7, 11) is -2.34. The van der Waals surface area contributed by atoms with E-state index in [1.165, 1.54) is 23.1 Å². The molecule has 0 saturated carbocycles. The Labute approximate surface area is 176 Å². The minimum absolute atomic E-state index is 0.0419. The predicted molar refractivity (Wildman–Crippen MR) is 117 cm³/mol. The maximum absolute atomic E-state index is 12.9. The van der Waals surface area contributed by atoms with Crippen LogP contribution in [-0.4, -0.2) is 21.4 Å². The van der Waals surface area contributed by atoms with Crippen LogP contribution in [0.2, 0.25) is 5.02 Å². The number of rotatable bonds is 5. The fraction of sp³-hybridized carbons (Fsp3) is 0.136. The van der Waals surface area contributed by atoms with Crippen molar-refractivity contribution >= 4 is 38.9 Å². The first-order valence-corrected chi connectivity index (χ1v) is 10.8. The molecule has 3 rings (SSSR count). The number of hydrogen-bond donors (Lipinski definition) is 1. The zero-order valence-corrected chi connectivity index (χ0v) is 17.9. The average Bonchev–Trinajstić information content (AvgIpc) is 2.70. The number of nitrogens with one attached hydrogen (secondary N) is 1. The number of halogens is 1. The minimum atomic E-state index is -3.97. The molecule has 0 atom stereocenters. The lowest BCUT2D eigenvalue weighted by atomic mass is 10.1. The second-order valence-corrected chi connectivity index (χ2v) is 8.81. The van der Waals surface area contributed by atoms with Crippen LogP contribution in [0.25, 0.3) is 0 Å². The molecule has 150 valence electrons. The number of hydrogen-bond acceptors (Lipinski definition) is 3. The molecule has 0 aliphatic heterocycles. The number of anilines is 2. The van der Waals surface area contributed by atoms with Gasteiger partial charge < -0.3 is 4.90 Å². The van der Waals surface area contributed by atoms with E-state index in [4.69, 9.17) is 11.6 Å². The van der Waals surface area contributed by atoms with Gasteiger partial charge in [0.1, 0.15) is 4.90 Å². The fourth-order valence-corrected chi connectivity index (χ4v) is 4.40. The van der Waals surface area contributed by atoms with Crippen LogP contribution in [0.15, 0.2) is 71.6 Å². The fourth-order valence-electron chi connectivity index (χ4n) is 2.82. The first-order chi connectivity index (χ1) is 13.7. The Morgan fingerprint density at radius 2 is 1.62 bits per heavy atom. The molecule has 0 unspecified atom stereocenters. The molecule has 3 aromatic carbocycles.